The predicted octanol–water partition coefficient (Wildman–Crippen LogP) is 1.04. The third-order valence-corrected chi connectivity index (χ3v) is 3.10. The van der Waals surface area contributed by atoms with Crippen LogP contribution in [0.15, 0.2) is 0 Å². The van der Waals surface area contributed by atoms with Crippen LogP contribution in [0.3, 0.4) is 0 Å². The second kappa shape index (κ2) is 4.30. The number of carbonyl (C=O) groups is 1. The molecule has 3 nitrogen and oxygen atoms in total. The maximum absolute atomic E-state index is 11.4. The molecule has 0 aromatic heterocycles. The summed E-state index contributed by atoms with van der Waals surface area (Å²) in [4.78, 5) is 11.4. The number of amides is 1. The molecule has 2 aliphatic carbocycles. The zero-order valence-corrected chi connectivity index (χ0v) is 8.88. The van der Waals surface area contributed by atoms with Gasteiger partial charge in [0.25, 0.3) is 0 Å². The SMILES string of the molecule is CCC(NCC(=O)NC1CC1)C1CC1. The van der Waals surface area contributed by atoms with Gasteiger partial charge < -0.3 is 10.6 Å². The molecule has 3 heteroatoms. The third-order valence-electron chi connectivity index (χ3n) is 3.10. The van der Waals surface area contributed by atoms with Gasteiger partial charge in [0.15, 0.2) is 0 Å². The Kier molecular flexibility index (Phi) is 3.06. The molecule has 0 bridgehead atoms. The van der Waals surface area contributed by atoms with E-state index >= 15 is 0 Å². The van der Waals surface area contributed by atoms with Crippen LogP contribution < -0.4 is 10.6 Å². The highest BCUT2D eigenvalue weighted by atomic mass is 16.2. The molecule has 0 aliphatic heterocycles. The van der Waals surface area contributed by atoms with Crippen LogP contribution in [0.2, 0.25) is 0 Å². The largest absolute Gasteiger partial charge is 0.352 e. The normalized spacial score (nSPS) is 23.2. The second-order valence-electron chi connectivity index (χ2n) is 4.57. The van der Waals surface area contributed by atoms with Crippen molar-refractivity contribution in [3.8, 4) is 0 Å². The van der Waals surface area contributed by atoms with Crippen LogP contribution in [-0.2, 0) is 4.79 Å². The van der Waals surface area contributed by atoms with Crippen molar-refractivity contribution in [2.24, 2.45) is 5.92 Å². The molecule has 0 aromatic carbocycles. The Morgan fingerprint density at radius 3 is 2.57 bits per heavy atom. The molecule has 14 heavy (non-hydrogen) atoms. The molecule has 1 unspecified atom stereocenters. The summed E-state index contributed by atoms with van der Waals surface area (Å²) >= 11 is 0. The van der Waals surface area contributed by atoms with Gasteiger partial charge in [-0.05, 0) is 38.0 Å². The number of hydrogen-bond donors (Lipinski definition) is 2. The summed E-state index contributed by atoms with van der Waals surface area (Å²) in [5, 5.41) is 6.34. The standard InChI is InChI=1S/C11H20N2O/c1-2-10(8-3-4-8)12-7-11(14)13-9-5-6-9/h8-10,12H,2-7H2,1H3,(H,13,14). The van der Waals surface area contributed by atoms with Gasteiger partial charge in [-0.1, -0.05) is 6.92 Å². The summed E-state index contributed by atoms with van der Waals surface area (Å²) in [5.74, 6) is 1.01. The fourth-order valence-corrected chi connectivity index (χ4v) is 1.87. The molecule has 1 amide bonds. The van der Waals surface area contributed by atoms with E-state index in [4.69, 9.17) is 0 Å². The van der Waals surface area contributed by atoms with Crippen LogP contribution in [0, 0.1) is 5.92 Å². The summed E-state index contributed by atoms with van der Waals surface area (Å²) in [5.41, 5.74) is 0. The molecule has 80 valence electrons. The zero-order chi connectivity index (χ0) is 9.97. The summed E-state index contributed by atoms with van der Waals surface area (Å²) in [6.45, 7) is 2.69. The van der Waals surface area contributed by atoms with Gasteiger partial charge in [0.05, 0.1) is 6.54 Å². The Hall–Kier alpha value is -0.570. The van der Waals surface area contributed by atoms with Crippen molar-refractivity contribution >= 4 is 5.91 Å². The summed E-state index contributed by atoms with van der Waals surface area (Å²) < 4.78 is 0. The molecule has 0 saturated heterocycles. The quantitative estimate of drug-likeness (QED) is 0.666. The van der Waals surface area contributed by atoms with Crippen molar-refractivity contribution < 1.29 is 4.79 Å². The van der Waals surface area contributed by atoms with Crippen molar-refractivity contribution in [2.75, 3.05) is 6.54 Å². The van der Waals surface area contributed by atoms with Crippen molar-refractivity contribution in [3.05, 3.63) is 0 Å². The Morgan fingerprint density at radius 1 is 1.36 bits per heavy atom. The molecule has 2 saturated carbocycles. The Morgan fingerprint density at radius 2 is 2.07 bits per heavy atom. The number of carbonyl (C=O) groups excluding carboxylic acids is 1. The molecule has 0 radical (unpaired) electrons. The number of nitrogens with one attached hydrogen (secondary N) is 2. The molecule has 0 heterocycles. The van der Waals surface area contributed by atoms with Crippen LogP contribution in [0.5, 0.6) is 0 Å². The fourth-order valence-electron chi connectivity index (χ4n) is 1.87. The van der Waals surface area contributed by atoms with E-state index in [0.717, 1.165) is 12.3 Å². The van der Waals surface area contributed by atoms with Crippen molar-refractivity contribution in [1.82, 2.24) is 10.6 Å². The van der Waals surface area contributed by atoms with E-state index in [0.29, 0.717) is 18.6 Å². The van der Waals surface area contributed by atoms with Gasteiger partial charge in [0.1, 0.15) is 0 Å². The van der Waals surface area contributed by atoms with Crippen LogP contribution in [0.4, 0.5) is 0 Å². The number of hydrogen-bond acceptors (Lipinski definition) is 2. The van der Waals surface area contributed by atoms with Crippen molar-refractivity contribution in [3.63, 3.8) is 0 Å². The molecule has 2 fully saturated rings. The van der Waals surface area contributed by atoms with Gasteiger partial charge in [-0.3, -0.25) is 4.79 Å². The molecular weight excluding hydrogens is 176 g/mol. The van der Waals surface area contributed by atoms with Gasteiger partial charge in [0.2, 0.25) is 5.91 Å². The topological polar surface area (TPSA) is 41.1 Å². The smallest absolute Gasteiger partial charge is 0.234 e. The van der Waals surface area contributed by atoms with Gasteiger partial charge in [0, 0.05) is 12.1 Å². The van der Waals surface area contributed by atoms with E-state index in [9.17, 15) is 4.79 Å². The van der Waals surface area contributed by atoms with Crippen molar-refractivity contribution in [1.29, 1.82) is 0 Å². The lowest BCUT2D eigenvalue weighted by molar-refractivity contribution is -0.120. The van der Waals surface area contributed by atoms with E-state index in [-0.39, 0.29) is 5.91 Å². The van der Waals surface area contributed by atoms with Crippen LogP contribution in [0.25, 0.3) is 0 Å². The Labute approximate surface area is 85.6 Å². The lowest BCUT2D eigenvalue weighted by Crippen LogP contribution is -2.40. The van der Waals surface area contributed by atoms with E-state index in [2.05, 4.69) is 17.6 Å². The first-order chi connectivity index (χ1) is 6.79. The Bertz CT molecular complexity index is 209. The van der Waals surface area contributed by atoms with Gasteiger partial charge in [-0.25, -0.2) is 0 Å². The summed E-state index contributed by atoms with van der Waals surface area (Å²) in [7, 11) is 0. The molecule has 2 N–H and O–H groups in total. The average molecular weight is 196 g/mol. The van der Waals surface area contributed by atoms with Gasteiger partial charge >= 0.3 is 0 Å². The monoisotopic (exact) mass is 196 g/mol. The van der Waals surface area contributed by atoms with E-state index < -0.39 is 0 Å². The maximum Gasteiger partial charge on any atom is 0.234 e. The molecule has 2 rings (SSSR count). The highest BCUT2D eigenvalue weighted by Gasteiger charge is 2.30. The Balaban J connectivity index is 1.61. The minimum Gasteiger partial charge on any atom is -0.352 e. The van der Waals surface area contributed by atoms with Gasteiger partial charge in [-0.2, -0.15) is 0 Å². The molecule has 1 atom stereocenters. The van der Waals surface area contributed by atoms with E-state index in [1.807, 2.05) is 0 Å². The lowest BCUT2D eigenvalue weighted by Gasteiger charge is -2.15. The molecule has 0 spiro atoms. The highest BCUT2D eigenvalue weighted by molar-refractivity contribution is 5.78. The summed E-state index contributed by atoms with van der Waals surface area (Å²) in [6.07, 6.45) is 6.17. The molecular formula is C11H20N2O. The third kappa shape index (κ3) is 2.98. The minimum atomic E-state index is 0.173. The van der Waals surface area contributed by atoms with E-state index in [1.165, 1.54) is 25.7 Å². The second-order valence-corrected chi connectivity index (χ2v) is 4.57. The summed E-state index contributed by atoms with van der Waals surface area (Å²) in [6, 6.07) is 1.06. The molecule has 2 aliphatic rings. The van der Waals surface area contributed by atoms with Crippen LogP contribution in [-0.4, -0.2) is 24.5 Å². The minimum absolute atomic E-state index is 0.173. The highest BCUT2D eigenvalue weighted by Crippen LogP contribution is 2.33. The first kappa shape index (κ1) is 9.97. The van der Waals surface area contributed by atoms with Crippen molar-refractivity contribution in [2.45, 2.75) is 51.1 Å². The predicted molar refractivity (Wildman–Crippen MR) is 56.0 cm³/mol. The first-order valence-electron chi connectivity index (χ1n) is 5.82. The maximum atomic E-state index is 11.4. The fraction of sp³-hybridized carbons (Fsp3) is 0.909. The van der Waals surface area contributed by atoms with Crippen LogP contribution in [0.1, 0.15) is 39.0 Å². The lowest BCUT2D eigenvalue weighted by atomic mass is 10.1. The van der Waals surface area contributed by atoms with Crippen LogP contribution >= 0.6 is 0 Å². The zero-order valence-electron chi connectivity index (χ0n) is 8.88. The first-order valence-corrected chi connectivity index (χ1v) is 5.82. The number of rotatable bonds is 6. The van der Waals surface area contributed by atoms with Gasteiger partial charge in [-0.15, -0.1) is 0 Å². The molecule has 0 aromatic rings. The average Bonchev–Trinajstić information content (AvgIpc) is 2.98. The van der Waals surface area contributed by atoms with E-state index in [1.54, 1.807) is 0 Å².